The van der Waals surface area contributed by atoms with Crippen molar-refractivity contribution in [3.05, 3.63) is 35.1 Å². The molecule has 1 unspecified atom stereocenters. The zero-order valence-electron chi connectivity index (χ0n) is 7.51. The standard InChI is InChI=1S/C11H11FO/c1-7-2-3-8(10(12)6-7)9-4-5-11(9)13/h2-3,6,9H,4-5H2,1H3. The Bertz CT molecular complexity index is 357. The van der Waals surface area contributed by atoms with Gasteiger partial charge in [0.2, 0.25) is 0 Å². The average molecular weight is 178 g/mol. The molecule has 68 valence electrons. The summed E-state index contributed by atoms with van der Waals surface area (Å²) in [5.74, 6) is -0.235. The number of hydrogen-bond acceptors (Lipinski definition) is 1. The second kappa shape index (κ2) is 2.95. The number of aryl methyl sites for hydroxylation is 1. The number of benzene rings is 1. The van der Waals surface area contributed by atoms with E-state index >= 15 is 0 Å². The monoisotopic (exact) mass is 178 g/mol. The highest BCUT2D eigenvalue weighted by Crippen LogP contribution is 2.34. The predicted molar refractivity (Wildman–Crippen MR) is 48.1 cm³/mol. The van der Waals surface area contributed by atoms with Gasteiger partial charge in [-0.05, 0) is 30.5 Å². The van der Waals surface area contributed by atoms with Gasteiger partial charge in [0.15, 0.2) is 0 Å². The van der Waals surface area contributed by atoms with Crippen LogP contribution in [0.2, 0.25) is 0 Å². The predicted octanol–water partition coefficient (Wildman–Crippen LogP) is 2.58. The molecule has 0 amide bonds. The van der Waals surface area contributed by atoms with E-state index in [1.54, 1.807) is 6.07 Å². The Hall–Kier alpha value is -1.18. The minimum absolute atomic E-state index is 0.166. The first-order valence-corrected chi connectivity index (χ1v) is 4.47. The van der Waals surface area contributed by atoms with Crippen molar-refractivity contribution < 1.29 is 9.18 Å². The van der Waals surface area contributed by atoms with Crippen LogP contribution in [0.25, 0.3) is 0 Å². The maximum absolute atomic E-state index is 13.3. The third-order valence-corrected chi connectivity index (χ3v) is 2.60. The van der Waals surface area contributed by atoms with E-state index in [9.17, 15) is 9.18 Å². The lowest BCUT2D eigenvalue weighted by Gasteiger charge is -2.24. The van der Waals surface area contributed by atoms with E-state index in [2.05, 4.69) is 0 Å². The van der Waals surface area contributed by atoms with E-state index in [1.165, 1.54) is 6.07 Å². The summed E-state index contributed by atoms with van der Waals surface area (Å²) in [5, 5.41) is 0. The quantitative estimate of drug-likeness (QED) is 0.646. The molecular weight excluding hydrogens is 167 g/mol. The molecule has 1 saturated carbocycles. The molecule has 0 heterocycles. The van der Waals surface area contributed by atoms with Crippen LogP contribution in [0.1, 0.15) is 29.9 Å². The van der Waals surface area contributed by atoms with Gasteiger partial charge in [0.05, 0.1) is 0 Å². The Morgan fingerprint density at radius 3 is 2.69 bits per heavy atom. The van der Waals surface area contributed by atoms with Gasteiger partial charge in [-0.25, -0.2) is 4.39 Å². The number of carbonyl (C=O) groups is 1. The molecule has 1 aromatic rings. The van der Waals surface area contributed by atoms with Crippen LogP contribution in [0.15, 0.2) is 18.2 Å². The van der Waals surface area contributed by atoms with Crippen molar-refractivity contribution >= 4 is 5.78 Å². The largest absolute Gasteiger partial charge is 0.299 e. The lowest BCUT2D eigenvalue weighted by atomic mass is 9.78. The topological polar surface area (TPSA) is 17.1 Å². The first-order valence-electron chi connectivity index (χ1n) is 4.47. The SMILES string of the molecule is Cc1ccc(C2CCC2=O)c(F)c1. The van der Waals surface area contributed by atoms with E-state index in [1.807, 2.05) is 13.0 Å². The van der Waals surface area contributed by atoms with Crippen LogP contribution >= 0.6 is 0 Å². The van der Waals surface area contributed by atoms with Crippen LogP contribution in [-0.4, -0.2) is 5.78 Å². The lowest BCUT2D eigenvalue weighted by molar-refractivity contribution is -0.125. The van der Waals surface area contributed by atoms with E-state index in [4.69, 9.17) is 0 Å². The van der Waals surface area contributed by atoms with Crippen LogP contribution in [0, 0.1) is 12.7 Å². The number of hydrogen-bond donors (Lipinski definition) is 0. The smallest absolute Gasteiger partial charge is 0.140 e. The number of rotatable bonds is 1. The summed E-state index contributed by atoms with van der Waals surface area (Å²) >= 11 is 0. The molecule has 1 aromatic carbocycles. The maximum atomic E-state index is 13.3. The minimum atomic E-state index is -0.238. The fourth-order valence-corrected chi connectivity index (χ4v) is 1.65. The van der Waals surface area contributed by atoms with Crippen LogP contribution in [0.3, 0.4) is 0 Å². The zero-order chi connectivity index (χ0) is 9.42. The van der Waals surface area contributed by atoms with Crippen LogP contribution in [-0.2, 0) is 4.79 Å². The summed E-state index contributed by atoms with van der Waals surface area (Å²) in [4.78, 5) is 11.1. The fourth-order valence-electron chi connectivity index (χ4n) is 1.65. The number of halogens is 1. The van der Waals surface area contributed by atoms with Crippen molar-refractivity contribution in [2.45, 2.75) is 25.7 Å². The van der Waals surface area contributed by atoms with Crippen LogP contribution < -0.4 is 0 Å². The Kier molecular flexibility index (Phi) is 1.91. The van der Waals surface area contributed by atoms with Crippen LogP contribution in [0.4, 0.5) is 4.39 Å². The molecular formula is C11H11FO. The zero-order valence-corrected chi connectivity index (χ0v) is 7.51. The van der Waals surface area contributed by atoms with Crippen LogP contribution in [0.5, 0.6) is 0 Å². The molecule has 1 atom stereocenters. The molecule has 1 aliphatic carbocycles. The lowest BCUT2D eigenvalue weighted by Crippen LogP contribution is -2.24. The summed E-state index contributed by atoms with van der Waals surface area (Å²) in [7, 11) is 0. The molecule has 0 N–H and O–H groups in total. The van der Waals surface area contributed by atoms with Crippen molar-refractivity contribution in [2.75, 3.05) is 0 Å². The second-order valence-corrected chi connectivity index (χ2v) is 3.58. The van der Waals surface area contributed by atoms with Gasteiger partial charge in [-0.3, -0.25) is 4.79 Å². The summed E-state index contributed by atoms with van der Waals surface area (Å²) in [6, 6.07) is 5.07. The average Bonchev–Trinajstić information content (AvgIpc) is 2.07. The number of carbonyl (C=O) groups excluding carboxylic acids is 1. The molecule has 2 rings (SSSR count). The highest BCUT2D eigenvalue weighted by atomic mass is 19.1. The normalized spacial score (nSPS) is 21.4. The molecule has 2 heteroatoms. The molecule has 0 saturated heterocycles. The summed E-state index contributed by atoms with van der Waals surface area (Å²) < 4.78 is 13.3. The molecule has 0 bridgehead atoms. The van der Waals surface area contributed by atoms with Crippen molar-refractivity contribution in [3.8, 4) is 0 Å². The molecule has 0 spiro atoms. The number of ketones is 1. The van der Waals surface area contributed by atoms with Gasteiger partial charge in [-0.1, -0.05) is 12.1 Å². The number of Topliss-reactive ketones (excluding diaryl/α,β-unsaturated/α-hetero) is 1. The summed E-state index contributed by atoms with van der Waals surface area (Å²) in [5.41, 5.74) is 1.47. The van der Waals surface area contributed by atoms with Crippen molar-refractivity contribution in [2.24, 2.45) is 0 Å². The Balaban J connectivity index is 2.35. The molecule has 0 radical (unpaired) electrons. The van der Waals surface area contributed by atoms with Gasteiger partial charge in [0.25, 0.3) is 0 Å². The second-order valence-electron chi connectivity index (χ2n) is 3.58. The van der Waals surface area contributed by atoms with Gasteiger partial charge in [-0.2, -0.15) is 0 Å². The summed E-state index contributed by atoms with van der Waals surface area (Å²) in [6.45, 7) is 1.84. The van der Waals surface area contributed by atoms with Gasteiger partial charge in [0.1, 0.15) is 11.6 Å². The van der Waals surface area contributed by atoms with Gasteiger partial charge in [0, 0.05) is 12.3 Å². The highest BCUT2D eigenvalue weighted by Gasteiger charge is 2.31. The molecule has 0 aliphatic heterocycles. The maximum Gasteiger partial charge on any atom is 0.140 e. The Morgan fingerprint density at radius 1 is 1.46 bits per heavy atom. The first kappa shape index (κ1) is 8.42. The van der Waals surface area contributed by atoms with E-state index in [-0.39, 0.29) is 17.5 Å². The van der Waals surface area contributed by atoms with E-state index in [0.29, 0.717) is 12.0 Å². The highest BCUT2D eigenvalue weighted by molar-refractivity contribution is 5.91. The molecule has 1 nitrogen and oxygen atoms in total. The molecule has 13 heavy (non-hydrogen) atoms. The van der Waals surface area contributed by atoms with Gasteiger partial charge in [-0.15, -0.1) is 0 Å². The van der Waals surface area contributed by atoms with Gasteiger partial charge >= 0.3 is 0 Å². The minimum Gasteiger partial charge on any atom is -0.299 e. The molecule has 1 fully saturated rings. The van der Waals surface area contributed by atoms with Crippen molar-refractivity contribution in [1.82, 2.24) is 0 Å². The summed E-state index contributed by atoms with van der Waals surface area (Å²) in [6.07, 6.45) is 1.41. The van der Waals surface area contributed by atoms with E-state index < -0.39 is 0 Å². The van der Waals surface area contributed by atoms with Crippen molar-refractivity contribution in [1.29, 1.82) is 0 Å². The Labute approximate surface area is 76.6 Å². The molecule has 1 aliphatic rings. The Morgan fingerprint density at radius 2 is 2.23 bits per heavy atom. The third kappa shape index (κ3) is 1.37. The van der Waals surface area contributed by atoms with Gasteiger partial charge < -0.3 is 0 Å². The fraction of sp³-hybridized carbons (Fsp3) is 0.364. The third-order valence-electron chi connectivity index (χ3n) is 2.60. The first-order chi connectivity index (χ1) is 6.18. The molecule has 0 aromatic heterocycles. The van der Waals surface area contributed by atoms with E-state index in [0.717, 1.165) is 12.0 Å². The van der Waals surface area contributed by atoms with Crippen molar-refractivity contribution in [3.63, 3.8) is 0 Å².